The van der Waals surface area contributed by atoms with Crippen LogP contribution < -0.4 is 25.4 Å². The third-order valence-corrected chi connectivity index (χ3v) is 5.74. The Morgan fingerprint density at radius 2 is 1.97 bits per heavy atom. The summed E-state index contributed by atoms with van der Waals surface area (Å²) in [7, 11) is 3.39. The number of pyridine rings is 2. The monoisotopic (exact) mass is 460 g/mol. The van der Waals surface area contributed by atoms with E-state index in [1.54, 1.807) is 49.6 Å². The number of hydrogen-bond acceptors (Lipinski definition) is 7. The van der Waals surface area contributed by atoms with Gasteiger partial charge in [-0.2, -0.15) is 0 Å². The van der Waals surface area contributed by atoms with Gasteiger partial charge in [0.25, 0.3) is 11.8 Å². The smallest absolute Gasteiger partial charge is 0.265 e. The number of benzene rings is 1. The van der Waals surface area contributed by atoms with Gasteiger partial charge < -0.3 is 14.5 Å². The number of hydrogen-bond donors (Lipinski definition) is 2. The number of hydrazine groups is 1. The first-order valence-corrected chi connectivity index (χ1v) is 11.1. The summed E-state index contributed by atoms with van der Waals surface area (Å²) in [6.45, 7) is 4.95. The Morgan fingerprint density at radius 3 is 2.71 bits per heavy atom. The number of aryl methyl sites for hydroxylation is 1. The fourth-order valence-corrected chi connectivity index (χ4v) is 3.98. The number of nitrogens with zero attached hydrogens (tertiary/aromatic N) is 4. The Bertz CT molecular complexity index is 1230. The summed E-state index contributed by atoms with van der Waals surface area (Å²) in [5, 5.41) is 0. The molecule has 2 amide bonds. The van der Waals surface area contributed by atoms with E-state index in [2.05, 4.69) is 20.8 Å². The minimum absolute atomic E-state index is 0.123. The molecule has 0 unspecified atom stereocenters. The summed E-state index contributed by atoms with van der Waals surface area (Å²) in [6, 6.07) is 10.9. The van der Waals surface area contributed by atoms with Crippen LogP contribution in [0.1, 0.15) is 38.8 Å². The normalized spacial score (nSPS) is 12.6. The van der Waals surface area contributed by atoms with E-state index >= 15 is 0 Å². The largest absolute Gasteiger partial charge is 0.493 e. The third-order valence-electron chi connectivity index (χ3n) is 5.74. The molecule has 3 heterocycles. The Hall–Kier alpha value is -3.98. The zero-order chi connectivity index (χ0) is 24.2. The summed E-state index contributed by atoms with van der Waals surface area (Å²) < 4.78 is 5.95. The van der Waals surface area contributed by atoms with Gasteiger partial charge in [-0.3, -0.25) is 15.0 Å². The molecular weight excluding hydrogens is 432 g/mol. The Morgan fingerprint density at radius 1 is 1.15 bits per heavy atom. The van der Waals surface area contributed by atoms with Crippen LogP contribution in [0.25, 0.3) is 0 Å². The predicted octanol–water partition coefficient (Wildman–Crippen LogP) is 3.02. The molecule has 2 aromatic heterocycles. The molecule has 0 fully saturated rings. The predicted molar refractivity (Wildman–Crippen MR) is 131 cm³/mol. The molecule has 1 aromatic carbocycles. The molecule has 2 N–H and O–H groups in total. The molecule has 34 heavy (non-hydrogen) atoms. The Labute approximate surface area is 198 Å². The lowest BCUT2D eigenvalue weighted by atomic mass is 10.1. The third kappa shape index (κ3) is 4.42. The fraction of sp³-hybridized carbons (Fsp3) is 0.280. The second-order valence-electron chi connectivity index (χ2n) is 7.95. The molecule has 0 bridgehead atoms. The first kappa shape index (κ1) is 23.2. The van der Waals surface area contributed by atoms with Crippen molar-refractivity contribution >= 4 is 29.1 Å². The maximum absolute atomic E-state index is 13.2. The van der Waals surface area contributed by atoms with Gasteiger partial charge in [-0.25, -0.2) is 15.4 Å². The van der Waals surface area contributed by atoms with E-state index in [0.717, 1.165) is 16.8 Å². The molecule has 0 aliphatic carbocycles. The van der Waals surface area contributed by atoms with Crippen molar-refractivity contribution in [3.63, 3.8) is 0 Å². The van der Waals surface area contributed by atoms with Crippen LogP contribution in [0, 0.1) is 6.92 Å². The van der Waals surface area contributed by atoms with Crippen LogP contribution in [0.5, 0.6) is 5.75 Å². The number of amides is 2. The summed E-state index contributed by atoms with van der Waals surface area (Å²) in [5.74, 6) is 1.69. The highest BCUT2D eigenvalue weighted by atomic mass is 16.5. The number of carbonyl (C=O) groups excluding carboxylic acids is 2. The molecule has 0 saturated carbocycles. The summed E-state index contributed by atoms with van der Waals surface area (Å²) >= 11 is 0. The Kier molecular flexibility index (Phi) is 6.74. The van der Waals surface area contributed by atoms with E-state index in [-0.39, 0.29) is 11.8 Å². The number of anilines is 3. The average molecular weight is 461 g/mol. The van der Waals surface area contributed by atoms with Crippen molar-refractivity contribution in [2.45, 2.75) is 20.3 Å². The van der Waals surface area contributed by atoms with Gasteiger partial charge >= 0.3 is 0 Å². The average Bonchev–Trinajstić information content (AvgIpc) is 2.93. The van der Waals surface area contributed by atoms with Crippen LogP contribution in [-0.4, -0.2) is 49.0 Å². The number of nitrogens with one attached hydrogen (secondary N) is 2. The number of ether oxygens (including phenoxy) is 1. The standard InChI is InChI=1S/C25H28N6O3/c1-5-31-22-19(25(33)30(4)20-7-6-11-27-23(20)31)14-17(15-28-22)10-12-34-21-9-8-18(13-16(21)2)24(32)29-26-3/h6-9,11,13-15,26H,5,10,12H2,1-4H3,(H,29,32). The topological polar surface area (TPSA) is 99.7 Å². The van der Waals surface area contributed by atoms with Crippen LogP contribution in [0.3, 0.4) is 0 Å². The van der Waals surface area contributed by atoms with E-state index < -0.39 is 0 Å². The van der Waals surface area contributed by atoms with E-state index in [0.29, 0.717) is 48.1 Å². The van der Waals surface area contributed by atoms with Crippen molar-refractivity contribution < 1.29 is 14.3 Å². The minimum Gasteiger partial charge on any atom is -0.493 e. The van der Waals surface area contributed by atoms with Crippen molar-refractivity contribution in [2.24, 2.45) is 0 Å². The van der Waals surface area contributed by atoms with Gasteiger partial charge in [-0.1, -0.05) is 0 Å². The lowest BCUT2D eigenvalue weighted by Crippen LogP contribution is -2.34. The van der Waals surface area contributed by atoms with Crippen molar-refractivity contribution in [1.82, 2.24) is 20.8 Å². The molecule has 4 rings (SSSR count). The minimum atomic E-state index is -0.207. The zero-order valence-corrected chi connectivity index (χ0v) is 19.8. The van der Waals surface area contributed by atoms with E-state index in [1.165, 1.54) is 0 Å². The van der Waals surface area contributed by atoms with Crippen LogP contribution in [0.15, 0.2) is 48.8 Å². The van der Waals surface area contributed by atoms with Gasteiger partial charge in [0.15, 0.2) is 5.82 Å². The molecular formula is C25H28N6O3. The summed E-state index contributed by atoms with van der Waals surface area (Å²) in [5.41, 5.74) is 8.78. The molecule has 1 aliphatic heterocycles. The number of aromatic nitrogens is 2. The second-order valence-corrected chi connectivity index (χ2v) is 7.95. The van der Waals surface area contributed by atoms with E-state index in [1.807, 2.05) is 36.9 Å². The van der Waals surface area contributed by atoms with Crippen molar-refractivity contribution in [2.75, 3.05) is 37.0 Å². The highest BCUT2D eigenvalue weighted by Crippen LogP contribution is 2.37. The van der Waals surface area contributed by atoms with Crippen molar-refractivity contribution in [3.8, 4) is 5.75 Å². The molecule has 0 atom stereocenters. The van der Waals surface area contributed by atoms with Gasteiger partial charge in [0.1, 0.15) is 11.6 Å². The first-order chi connectivity index (χ1) is 16.4. The molecule has 1 aliphatic rings. The van der Waals surface area contributed by atoms with Gasteiger partial charge in [0.2, 0.25) is 0 Å². The Balaban J connectivity index is 1.51. The van der Waals surface area contributed by atoms with Crippen LogP contribution in [-0.2, 0) is 6.42 Å². The zero-order valence-electron chi connectivity index (χ0n) is 19.8. The molecule has 176 valence electrons. The molecule has 9 nitrogen and oxygen atoms in total. The lowest BCUT2D eigenvalue weighted by Gasteiger charge is -2.22. The van der Waals surface area contributed by atoms with Crippen molar-refractivity contribution in [3.05, 3.63) is 71.0 Å². The number of fused-ring (bicyclic) bond motifs is 2. The fourth-order valence-electron chi connectivity index (χ4n) is 3.98. The van der Waals surface area contributed by atoms with E-state index in [9.17, 15) is 9.59 Å². The van der Waals surface area contributed by atoms with Gasteiger partial charge in [-0.15, -0.1) is 0 Å². The summed E-state index contributed by atoms with van der Waals surface area (Å²) in [4.78, 5) is 37.9. The van der Waals surface area contributed by atoms with Crippen LogP contribution in [0.2, 0.25) is 0 Å². The quantitative estimate of drug-likeness (QED) is 0.523. The van der Waals surface area contributed by atoms with Gasteiger partial charge in [-0.05, 0) is 61.4 Å². The molecule has 0 spiro atoms. The summed E-state index contributed by atoms with van der Waals surface area (Å²) in [6.07, 6.45) is 4.08. The van der Waals surface area contributed by atoms with Crippen LogP contribution in [0.4, 0.5) is 17.3 Å². The van der Waals surface area contributed by atoms with Gasteiger partial charge in [0.05, 0.1) is 17.9 Å². The highest BCUT2D eigenvalue weighted by molar-refractivity contribution is 6.12. The van der Waals surface area contributed by atoms with Crippen molar-refractivity contribution in [1.29, 1.82) is 0 Å². The second kappa shape index (κ2) is 9.88. The lowest BCUT2D eigenvalue weighted by molar-refractivity contribution is 0.0936. The maximum Gasteiger partial charge on any atom is 0.265 e. The molecule has 0 radical (unpaired) electrons. The van der Waals surface area contributed by atoms with Crippen LogP contribution >= 0.6 is 0 Å². The first-order valence-electron chi connectivity index (χ1n) is 11.1. The number of carbonyl (C=O) groups is 2. The van der Waals surface area contributed by atoms with E-state index in [4.69, 9.17) is 4.74 Å². The van der Waals surface area contributed by atoms with Gasteiger partial charge in [0, 0.05) is 45.0 Å². The molecule has 0 saturated heterocycles. The molecule has 9 heteroatoms. The molecule has 3 aromatic rings. The highest BCUT2D eigenvalue weighted by Gasteiger charge is 2.30. The number of rotatable bonds is 7. The maximum atomic E-state index is 13.2. The SMILES string of the molecule is CCN1c2ncc(CCOc3ccc(C(=O)NNC)cc3C)cc2C(=O)N(C)c2cccnc21.